The van der Waals surface area contributed by atoms with Gasteiger partial charge in [-0.2, -0.15) is 0 Å². The Labute approximate surface area is 166 Å². The molecule has 1 amide bonds. The Kier molecular flexibility index (Phi) is 6.89. The highest BCUT2D eigenvalue weighted by molar-refractivity contribution is 7.92. The first-order valence-corrected chi connectivity index (χ1v) is 10.7. The molecule has 0 bridgehead atoms. The van der Waals surface area contributed by atoms with Gasteiger partial charge in [-0.1, -0.05) is 17.7 Å². The van der Waals surface area contributed by atoms with E-state index < -0.39 is 10.0 Å². The van der Waals surface area contributed by atoms with Gasteiger partial charge in [0.05, 0.1) is 10.6 Å². The van der Waals surface area contributed by atoms with Gasteiger partial charge in [0.15, 0.2) is 0 Å². The first kappa shape index (κ1) is 21.3. The van der Waals surface area contributed by atoms with Crippen molar-refractivity contribution in [3.05, 3.63) is 58.6 Å². The summed E-state index contributed by atoms with van der Waals surface area (Å²) in [4.78, 5) is 14.4. The van der Waals surface area contributed by atoms with Crippen molar-refractivity contribution in [2.24, 2.45) is 0 Å². The number of anilines is 1. The van der Waals surface area contributed by atoms with Gasteiger partial charge >= 0.3 is 0 Å². The summed E-state index contributed by atoms with van der Waals surface area (Å²) in [6, 6.07) is 11.3. The topological polar surface area (TPSA) is 57.7 Å². The standard InChI is InChI=1S/C20H25ClN2O3S/c1-5-22(6-2)20(24)14-23(18-10-7-15(3)16(4)13-18)27(25,26)19-11-8-17(21)9-12-19/h7-13H,5-6,14H2,1-4H3. The van der Waals surface area contributed by atoms with Crippen molar-refractivity contribution in [2.75, 3.05) is 23.9 Å². The van der Waals surface area contributed by atoms with Crippen LogP contribution >= 0.6 is 11.6 Å². The lowest BCUT2D eigenvalue weighted by Crippen LogP contribution is -2.43. The number of likely N-dealkylation sites (N-methyl/N-ethyl adjacent to an activating group) is 1. The molecule has 0 N–H and O–H groups in total. The molecule has 5 nitrogen and oxygen atoms in total. The average Bonchev–Trinajstić information content (AvgIpc) is 2.63. The number of nitrogens with zero attached hydrogens (tertiary/aromatic N) is 2. The predicted octanol–water partition coefficient (Wildman–Crippen LogP) is 4.02. The number of benzene rings is 2. The van der Waals surface area contributed by atoms with Crippen LogP contribution in [0.1, 0.15) is 25.0 Å². The Balaban J connectivity index is 2.52. The van der Waals surface area contributed by atoms with Crippen molar-refractivity contribution >= 4 is 33.2 Å². The summed E-state index contributed by atoms with van der Waals surface area (Å²) in [7, 11) is -3.92. The Morgan fingerprint density at radius 1 is 0.963 bits per heavy atom. The lowest BCUT2D eigenvalue weighted by Gasteiger charge is -2.27. The van der Waals surface area contributed by atoms with E-state index in [2.05, 4.69) is 0 Å². The van der Waals surface area contributed by atoms with E-state index in [4.69, 9.17) is 11.6 Å². The highest BCUT2D eigenvalue weighted by Crippen LogP contribution is 2.26. The summed E-state index contributed by atoms with van der Waals surface area (Å²) >= 11 is 5.89. The number of halogens is 1. The van der Waals surface area contributed by atoms with Crippen molar-refractivity contribution in [3.63, 3.8) is 0 Å². The number of carbonyl (C=O) groups excluding carboxylic acids is 1. The molecule has 0 aliphatic rings. The Hall–Kier alpha value is -2.05. The molecule has 0 atom stereocenters. The molecule has 0 heterocycles. The van der Waals surface area contributed by atoms with E-state index in [-0.39, 0.29) is 17.3 Å². The minimum absolute atomic E-state index is 0.0949. The van der Waals surface area contributed by atoms with E-state index in [1.54, 1.807) is 17.0 Å². The molecule has 2 aromatic rings. The Morgan fingerprint density at radius 3 is 2.07 bits per heavy atom. The summed E-state index contributed by atoms with van der Waals surface area (Å²) in [6.07, 6.45) is 0. The first-order valence-electron chi connectivity index (χ1n) is 8.84. The molecule has 0 radical (unpaired) electrons. The number of sulfonamides is 1. The number of hydrogen-bond acceptors (Lipinski definition) is 3. The number of aryl methyl sites for hydroxylation is 2. The Bertz CT molecular complexity index is 907. The van der Waals surface area contributed by atoms with Gasteiger partial charge in [-0.3, -0.25) is 9.10 Å². The second-order valence-electron chi connectivity index (χ2n) is 6.30. The smallest absolute Gasteiger partial charge is 0.264 e. The zero-order valence-electron chi connectivity index (χ0n) is 16.1. The van der Waals surface area contributed by atoms with Crippen molar-refractivity contribution in [1.82, 2.24) is 4.90 Å². The molecule has 2 aromatic carbocycles. The number of rotatable bonds is 7. The van der Waals surface area contributed by atoms with E-state index >= 15 is 0 Å². The maximum absolute atomic E-state index is 13.3. The fourth-order valence-electron chi connectivity index (χ4n) is 2.73. The number of hydrogen-bond donors (Lipinski definition) is 0. The van der Waals surface area contributed by atoms with Crippen LogP contribution in [0.15, 0.2) is 47.4 Å². The summed E-state index contributed by atoms with van der Waals surface area (Å²) < 4.78 is 27.7. The summed E-state index contributed by atoms with van der Waals surface area (Å²) in [5.74, 6) is -0.240. The Morgan fingerprint density at radius 2 is 1.56 bits per heavy atom. The molecule has 0 aliphatic heterocycles. The van der Waals surface area contributed by atoms with Crippen LogP contribution in [0.2, 0.25) is 5.02 Å². The predicted molar refractivity (Wildman–Crippen MR) is 110 cm³/mol. The molecule has 0 unspecified atom stereocenters. The highest BCUT2D eigenvalue weighted by atomic mass is 35.5. The second-order valence-corrected chi connectivity index (χ2v) is 8.60. The number of amides is 1. The molecule has 0 fully saturated rings. The summed E-state index contributed by atoms with van der Waals surface area (Å²) in [5.41, 5.74) is 2.48. The van der Waals surface area contributed by atoms with Gasteiger partial charge in [0.1, 0.15) is 6.54 Å². The van der Waals surface area contributed by atoms with Gasteiger partial charge in [0.25, 0.3) is 10.0 Å². The van der Waals surface area contributed by atoms with Gasteiger partial charge in [-0.15, -0.1) is 0 Å². The summed E-state index contributed by atoms with van der Waals surface area (Å²) in [6.45, 7) is 8.41. The third-order valence-corrected chi connectivity index (χ3v) is 6.62. The average molecular weight is 409 g/mol. The van der Waals surface area contributed by atoms with E-state index in [1.165, 1.54) is 28.6 Å². The first-order chi connectivity index (χ1) is 12.7. The normalized spacial score (nSPS) is 11.3. The minimum Gasteiger partial charge on any atom is -0.342 e. The summed E-state index contributed by atoms with van der Waals surface area (Å²) in [5, 5.41) is 0.450. The molecule has 2 rings (SSSR count). The fourth-order valence-corrected chi connectivity index (χ4v) is 4.26. The lowest BCUT2D eigenvalue weighted by molar-refractivity contribution is -0.129. The maximum Gasteiger partial charge on any atom is 0.264 e. The van der Waals surface area contributed by atoms with Gasteiger partial charge in [0.2, 0.25) is 5.91 Å². The zero-order chi connectivity index (χ0) is 20.2. The zero-order valence-corrected chi connectivity index (χ0v) is 17.6. The third-order valence-electron chi connectivity index (χ3n) is 4.58. The molecule has 146 valence electrons. The SMILES string of the molecule is CCN(CC)C(=O)CN(c1ccc(C)c(C)c1)S(=O)(=O)c1ccc(Cl)cc1. The van der Waals surface area contributed by atoms with Crippen molar-refractivity contribution in [1.29, 1.82) is 0 Å². The van der Waals surface area contributed by atoms with Gasteiger partial charge in [-0.25, -0.2) is 8.42 Å². The van der Waals surface area contributed by atoms with Crippen LogP contribution in [0.5, 0.6) is 0 Å². The van der Waals surface area contributed by atoms with Crippen LogP contribution in [0.3, 0.4) is 0 Å². The highest BCUT2D eigenvalue weighted by Gasteiger charge is 2.28. The van der Waals surface area contributed by atoms with Gasteiger partial charge < -0.3 is 4.90 Å². The monoisotopic (exact) mass is 408 g/mol. The minimum atomic E-state index is -3.92. The van der Waals surface area contributed by atoms with Crippen LogP contribution in [0, 0.1) is 13.8 Å². The van der Waals surface area contributed by atoms with Crippen LogP contribution in [-0.2, 0) is 14.8 Å². The van der Waals surface area contributed by atoms with Crippen LogP contribution in [0.25, 0.3) is 0 Å². The third kappa shape index (κ3) is 4.82. The molecule has 7 heteroatoms. The van der Waals surface area contributed by atoms with Crippen molar-refractivity contribution in [2.45, 2.75) is 32.6 Å². The number of carbonyl (C=O) groups is 1. The largest absolute Gasteiger partial charge is 0.342 e. The molecule has 0 aromatic heterocycles. The molecule has 0 saturated carbocycles. The van der Waals surface area contributed by atoms with E-state index in [0.717, 1.165) is 11.1 Å². The van der Waals surface area contributed by atoms with Gasteiger partial charge in [-0.05, 0) is 75.2 Å². The second kappa shape index (κ2) is 8.76. The molecule has 0 saturated heterocycles. The van der Waals surface area contributed by atoms with Crippen LogP contribution in [-0.4, -0.2) is 38.9 Å². The fraction of sp³-hybridized carbons (Fsp3) is 0.350. The quantitative estimate of drug-likeness (QED) is 0.695. The van der Waals surface area contributed by atoms with E-state index in [0.29, 0.717) is 23.8 Å². The molecule has 27 heavy (non-hydrogen) atoms. The maximum atomic E-state index is 13.3. The molecular formula is C20H25ClN2O3S. The van der Waals surface area contributed by atoms with Crippen molar-refractivity contribution in [3.8, 4) is 0 Å². The lowest BCUT2D eigenvalue weighted by atomic mass is 10.1. The van der Waals surface area contributed by atoms with Crippen molar-refractivity contribution < 1.29 is 13.2 Å². The molecule has 0 spiro atoms. The van der Waals surface area contributed by atoms with Crippen LogP contribution in [0.4, 0.5) is 5.69 Å². The van der Waals surface area contributed by atoms with E-state index in [9.17, 15) is 13.2 Å². The molecule has 0 aliphatic carbocycles. The van der Waals surface area contributed by atoms with Gasteiger partial charge in [0, 0.05) is 18.1 Å². The van der Waals surface area contributed by atoms with E-state index in [1.807, 2.05) is 33.8 Å². The molecular weight excluding hydrogens is 384 g/mol. The van der Waals surface area contributed by atoms with Crippen LogP contribution < -0.4 is 4.31 Å².